The molecule has 1 aromatic carbocycles. The number of nitrogens with one attached hydrogen (secondary N) is 1. The maximum absolute atomic E-state index is 12.5. The molecule has 1 fully saturated rings. The van der Waals surface area contributed by atoms with Crippen molar-refractivity contribution in [2.45, 2.75) is 0 Å². The molecule has 0 unspecified atom stereocenters. The number of ether oxygens (including phenoxy) is 2. The van der Waals surface area contributed by atoms with E-state index >= 15 is 0 Å². The summed E-state index contributed by atoms with van der Waals surface area (Å²) in [7, 11) is 3.07. The Bertz CT molecular complexity index is 494. The number of benzene rings is 1. The molecule has 2 N–H and O–H groups in total. The summed E-state index contributed by atoms with van der Waals surface area (Å²) in [5, 5.41) is 11.9. The fourth-order valence-corrected chi connectivity index (χ4v) is 2.66. The van der Waals surface area contributed by atoms with E-state index in [9.17, 15) is 4.79 Å². The average molecular weight is 323 g/mol. The van der Waals surface area contributed by atoms with Crippen LogP contribution in [0, 0.1) is 0 Å². The van der Waals surface area contributed by atoms with E-state index in [0.717, 1.165) is 26.2 Å². The number of aliphatic hydroxyl groups is 1. The maximum Gasteiger partial charge on any atom is 0.259 e. The van der Waals surface area contributed by atoms with Crippen LogP contribution in [0.3, 0.4) is 0 Å². The first kappa shape index (κ1) is 17.5. The van der Waals surface area contributed by atoms with Gasteiger partial charge in [-0.2, -0.15) is 0 Å². The van der Waals surface area contributed by atoms with Gasteiger partial charge < -0.3 is 19.9 Å². The second-order valence-corrected chi connectivity index (χ2v) is 5.38. The van der Waals surface area contributed by atoms with Crippen molar-refractivity contribution in [2.24, 2.45) is 0 Å². The summed E-state index contributed by atoms with van der Waals surface area (Å²) in [5.41, 5.74) is 0.413. The van der Waals surface area contributed by atoms with Crippen molar-refractivity contribution < 1.29 is 19.4 Å². The first-order valence-electron chi connectivity index (χ1n) is 7.74. The molecule has 1 amide bonds. The van der Waals surface area contributed by atoms with Crippen LogP contribution in [0.25, 0.3) is 0 Å². The number of β-amino-alcohol motifs (C(OH)–C–C–N with tert-alkyl or cyclic N) is 1. The Labute approximate surface area is 136 Å². The fourth-order valence-electron chi connectivity index (χ4n) is 2.66. The summed E-state index contributed by atoms with van der Waals surface area (Å²) in [4.78, 5) is 16.9. The zero-order valence-electron chi connectivity index (χ0n) is 13.7. The number of hydrogen-bond acceptors (Lipinski definition) is 6. The number of methoxy groups -OCH3 is 2. The molecule has 1 aromatic rings. The molecule has 0 aromatic heterocycles. The number of carbonyl (C=O) groups excluding carboxylic acids is 1. The van der Waals surface area contributed by atoms with Crippen molar-refractivity contribution in [1.29, 1.82) is 0 Å². The fraction of sp³-hybridized carbons (Fsp3) is 0.562. The molecule has 0 bridgehead atoms. The van der Waals surface area contributed by atoms with Crippen LogP contribution in [0.4, 0.5) is 0 Å². The van der Waals surface area contributed by atoms with Crippen LogP contribution in [-0.4, -0.2) is 81.0 Å². The quantitative estimate of drug-likeness (QED) is 0.736. The normalized spacial score (nSPS) is 16.1. The van der Waals surface area contributed by atoms with Crippen LogP contribution < -0.4 is 14.8 Å². The summed E-state index contributed by atoms with van der Waals surface area (Å²) in [6, 6.07) is 5.27. The van der Waals surface area contributed by atoms with Gasteiger partial charge in [0.15, 0.2) is 0 Å². The molecule has 128 valence electrons. The molecule has 1 heterocycles. The third-order valence-electron chi connectivity index (χ3n) is 4.00. The van der Waals surface area contributed by atoms with Crippen molar-refractivity contribution in [3.8, 4) is 11.5 Å². The van der Waals surface area contributed by atoms with Crippen molar-refractivity contribution in [2.75, 3.05) is 60.2 Å². The van der Waals surface area contributed by atoms with Crippen molar-refractivity contribution in [3.05, 3.63) is 23.8 Å². The minimum atomic E-state index is -0.211. The number of rotatable bonds is 7. The van der Waals surface area contributed by atoms with Gasteiger partial charge in [-0.1, -0.05) is 6.07 Å². The Morgan fingerprint density at radius 1 is 1.13 bits per heavy atom. The Kier molecular flexibility index (Phi) is 6.64. The van der Waals surface area contributed by atoms with Gasteiger partial charge in [0.25, 0.3) is 5.91 Å². The monoisotopic (exact) mass is 323 g/mol. The van der Waals surface area contributed by atoms with E-state index in [-0.39, 0.29) is 12.5 Å². The van der Waals surface area contributed by atoms with Crippen LogP contribution in [0.2, 0.25) is 0 Å². The van der Waals surface area contributed by atoms with E-state index < -0.39 is 0 Å². The molecular weight excluding hydrogens is 298 g/mol. The zero-order chi connectivity index (χ0) is 16.7. The molecule has 7 heteroatoms. The maximum atomic E-state index is 12.5. The smallest absolute Gasteiger partial charge is 0.259 e. The summed E-state index contributed by atoms with van der Waals surface area (Å²) in [5.74, 6) is 0.779. The van der Waals surface area contributed by atoms with Gasteiger partial charge in [-0.3, -0.25) is 14.6 Å². The van der Waals surface area contributed by atoms with Crippen LogP contribution in [-0.2, 0) is 0 Å². The van der Waals surface area contributed by atoms with Crippen LogP contribution in [0.1, 0.15) is 10.4 Å². The van der Waals surface area contributed by atoms with Crippen LogP contribution >= 0.6 is 0 Å². The molecule has 0 saturated carbocycles. The summed E-state index contributed by atoms with van der Waals surface area (Å²) < 4.78 is 10.5. The zero-order valence-corrected chi connectivity index (χ0v) is 13.7. The average Bonchev–Trinajstić information content (AvgIpc) is 2.60. The van der Waals surface area contributed by atoms with E-state index in [1.807, 2.05) is 0 Å². The standard InChI is InChI=1S/C16H25N3O4/c1-22-13-4-3-5-14(23-2)15(13)16(21)17-12-19-8-6-18(7-9-19)10-11-20/h3-5,20H,6-12H2,1-2H3,(H,17,21). The van der Waals surface area contributed by atoms with E-state index in [1.165, 1.54) is 14.2 Å². The van der Waals surface area contributed by atoms with E-state index in [4.69, 9.17) is 14.6 Å². The lowest BCUT2D eigenvalue weighted by atomic mass is 10.1. The molecule has 1 aliphatic heterocycles. The molecule has 1 aliphatic rings. The first-order valence-corrected chi connectivity index (χ1v) is 7.74. The van der Waals surface area contributed by atoms with Crippen LogP contribution in [0.15, 0.2) is 18.2 Å². The van der Waals surface area contributed by atoms with Crippen LogP contribution in [0.5, 0.6) is 11.5 Å². The Morgan fingerprint density at radius 3 is 2.22 bits per heavy atom. The molecule has 1 saturated heterocycles. The predicted molar refractivity (Wildman–Crippen MR) is 87.0 cm³/mol. The van der Waals surface area contributed by atoms with E-state index in [0.29, 0.717) is 30.3 Å². The number of hydrogen-bond donors (Lipinski definition) is 2. The third-order valence-corrected chi connectivity index (χ3v) is 4.00. The largest absolute Gasteiger partial charge is 0.496 e. The number of aliphatic hydroxyl groups excluding tert-OH is 1. The number of carbonyl (C=O) groups is 1. The highest BCUT2D eigenvalue weighted by atomic mass is 16.5. The summed E-state index contributed by atoms with van der Waals surface area (Å²) >= 11 is 0. The van der Waals surface area contributed by atoms with Crippen molar-refractivity contribution in [3.63, 3.8) is 0 Å². The highest BCUT2D eigenvalue weighted by Crippen LogP contribution is 2.27. The lowest BCUT2D eigenvalue weighted by Crippen LogP contribution is -2.50. The van der Waals surface area contributed by atoms with Gasteiger partial charge in [-0.05, 0) is 12.1 Å². The lowest BCUT2D eigenvalue weighted by Gasteiger charge is -2.34. The Morgan fingerprint density at radius 2 is 1.70 bits per heavy atom. The van der Waals surface area contributed by atoms with Gasteiger partial charge in [0.05, 0.1) is 27.5 Å². The van der Waals surface area contributed by atoms with E-state index in [2.05, 4.69) is 15.1 Å². The third kappa shape index (κ3) is 4.57. The molecular formula is C16H25N3O4. The first-order chi connectivity index (χ1) is 11.2. The summed E-state index contributed by atoms with van der Waals surface area (Å²) in [6.45, 7) is 4.89. The predicted octanol–water partition coefficient (Wildman–Crippen LogP) is 0.00100. The number of amides is 1. The van der Waals surface area contributed by atoms with Crippen molar-refractivity contribution >= 4 is 5.91 Å². The molecule has 0 aliphatic carbocycles. The molecule has 0 spiro atoms. The lowest BCUT2D eigenvalue weighted by molar-refractivity contribution is 0.0842. The Balaban J connectivity index is 1.91. The molecule has 0 atom stereocenters. The van der Waals surface area contributed by atoms with Gasteiger partial charge in [0.1, 0.15) is 17.1 Å². The molecule has 0 radical (unpaired) electrons. The number of piperazine rings is 1. The highest BCUT2D eigenvalue weighted by Gasteiger charge is 2.20. The SMILES string of the molecule is COc1cccc(OC)c1C(=O)NCN1CCN(CCO)CC1. The van der Waals surface area contributed by atoms with Gasteiger partial charge in [0.2, 0.25) is 0 Å². The van der Waals surface area contributed by atoms with Gasteiger partial charge in [-0.15, -0.1) is 0 Å². The minimum absolute atomic E-state index is 0.185. The Hall–Kier alpha value is -1.83. The second kappa shape index (κ2) is 8.71. The second-order valence-electron chi connectivity index (χ2n) is 5.38. The van der Waals surface area contributed by atoms with E-state index in [1.54, 1.807) is 18.2 Å². The number of nitrogens with zero attached hydrogens (tertiary/aromatic N) is 2. The van der Waals surface area contributed by atoms with Gasteiger partial charge >= 0.3 is 0 Å². The molecule has 2 rings (SSSR count). The highest BCUT2D eigenvalue weighted by molar-refractivity contribution is 5.99. The van der Waals surface area contributed by atoms with Gasteiger partial charge in [0, 0.05) is 32.7 Å². The molecule has 7 nitrogen and oxygen atoms in total. The molecule has 23 heavy (non-hydrogen) atoms. The minimum Gasteiger partial charge on any atom is -0.496 e. The summed E-state index contributed by atoms with van der Waals surface area (Å²) in [6.07, 6.45) is 0. The van der Waals surface area contributed by atoms with Crippen molar-refractivity contribution in [1.82, 2.24) is 15.1 Å². The topological polar surface area (TPSA) is 74.3 Å². The van der Waals surface area contributed by atoms with Gasteiger partial charge in [-0.25, -0.2) is 0 Å².